The van der Waals surface area contributed by atoms with Crippen LogP contribution in [0.2, 0.25) is 0 Å². The Bertz CT molecular complexity index is 1230. The molecule has 3 N–H and O–H groups in total. The molecule has 2 aromatic carbocycles. The van der Waals surface area contributed by atoms with E-state index in [1.807, 2.05) is 13.8 Å². The fraction of sp³-hybridized carbons (Fsp3) is 0.280. The van der Waals surface area contributed by atoms with Gasteiger partial charge in [-0.1, -0.05) is 12.1 Å². The van der Waals surface area contributed by atoms with Gasteiger partial charge in [0.15, 0.2) is 11.6 Å². The molecule has 0 aromatic heterocycles. The number of aliphatic hydroxyl groups excluding tert-OH is 2. The van der Waals surface area contributed by atoms with Gasteiger partial charge in [-0.05, 0) is 43.7 Å². The molecule has 178 valence electrons. The van der Waals surface area contributed by atoms with Crippen molar-refractivity contribution >= 4 is 28.6 Å². The number of allylic oxidation sites excluding steroid dienone is 1. The quantitative estimate of drug-likeness (QED) is 0.584. The van der Waals surface area contributed by atoms with E-state index in [2.05, 4.69) is 5.32 Å². The van der Waals surface area contributed by atoms with Crippen molar-refractivity contribution in [2.24, 2.45) is 0 Å². The van der Waals surface area contributed by atoms with E-state index in [0.29, 0.717) is 5.56 Å². The highest BCUT2D eigenvalue weighted by Crippen LogP contribution is 2.44. The van der Waals surface area contributed by atoms with E-state index in [-0.39, 0.29) is 35.0 Å². The SMILES string of the molecule is CN(CC(O)CO)C(=O)c1ccc(C2=CC(=C3C(=O)Nc4cc(F)c(F)cc43)OC2(C)C)cc1. The van der Waals surface area contributed by atoms with E-state index in [1.54, 1.807) is 30.3 Å². The molecule has 9 heteroatoms. The van der Waals surface area contributed by atoms with Gasteiger partial charge in [0.25, 0.3) is 11.8 Å². The van der Waals surface area contributed by atoms with Crippen LogP contribution in [-0.2, 0) is 9.53 Å². The van der Waals surface area contributed by atoms with Gasteiger partial charge >= 0.3 is 0 Å². The van der Waals surface area contributed by atoms with E-state index in [1.165, 1.54) is 11.9 Å². The van der Waals surface area contributed by atoms with Crippen LogP contribution in [0, 0.1) is 11.6 Å². The molecule has 2 aromatic rings. The summed E-state index contributed by atoms with van der Waals surface area (Å²) < 4.78 is 33.5. The molecule has 34 heavy (non-hydrogen) atoms. The Morgan fingerprint density at radius 1 is 1.18 bits per heavy atom. The van der Waals surface area contributed by atoms with Crippen molar-refractivity contribution in [2.45, 2.75) is 25.6 Å². The van der Waals surface area contributed by atoms with E-state index in [4.69, 9.17) is 9.84 Å². The number of amides is 2. The van der Waals surface area contributed by atoms with E-state index in [9.17, 15) is 23.5 Å². The van der Waals surface area contributed by atoms with Crippen molar-refractivity contribution in [3.63, 3.8) is 0 Å². The molecule has 1 atom stereocenters. The minimum atomic E-state index is -1.06. The number of anilines is 1. The molecule has 0 fully saturated rings. The van der Waals surface area contributed by atoms with Crippen molar-refractivity contribution in [2.75, 3.05) is 25.5 Å². The summed E-state index contributed by atoms with van der Waals surface area (Å²) in [5, 5.41) is 21.1. The lowest BCUT2D eigenvalue weighted by molar-refractivity contribution is -0.111. The van der Waals surface area contributed by atoms with Gasteiger partial charge in [0.05, 0.1) is 24.0 Å². The summed E-state index contributed by atoms with van der Waals surface area (Å²) in [5.74, 6) is -2.71. The topological polar surface area (TPSA) is 99.1 Å². The summed E-state index contributed by atoms with van der Waals surface area (Å²) in [6, 6.07) is 8.66. The van der Waals surface area contributed by atoms with Crippen molar-refractivity contribution < 1.29 is 33.3 Å². The number of aliphatic hydroxyl groups is 2. The van der Waals surface area contributed by atoms with Crippen molar-refractivity contribution in [1.82, 2.24) is 4.90 Å². The fourth-order valence-corrected chi connectivity index (χ4v) is 4.10. The van der Waals surface area contributed by atoms with Crippen LogP contribution in [0.15, 0.2) is 48.2 Å². The number of likely N-dealkylation sites (N-methyl/N-ethyl adjacent to an activating group) is 1. The number of carbonyl (C=O) groups excluding carboxylic acids is 2. The number of nitrogens with one attached hydrogen (secondary N) is 1. The highest BCUT2D eigenvalue weighted by Gasteiger charge is 2.38. The summed E-state index contributed by atoms with van der Waals surface area (Å²) in [6.07, 6.45) is 0.662. The van der Waals surface area contributed by atoms with Gasteiger partial charge in [0, 0.05) is 36.4 Å². The van der Waals surface area contributed by atoms with Gasteiger partial charge in [0.2, 0.25) is 0 Å². The first-order valence-corrected chi connectivity index (χ1v) is 10.6. The zero-order chi connectivity index (χ0) is 24.8. The molecule has 0 aliphatic carbocycles. The van der Waals surface area contributed by atoms with Gasteiger partial charge in [-0.3, -0.25) is 9.59 Å². The third-order valence-electron chi connectivity index (χ3n) is 5.83. The number of rotatable bonds is 5. The van der Waals surface area contributed by atoms with Crippen LogP contribution in [0.25, 0.3) is 11.1 Å². The lowest BCUT2D eigenvalue weighted by Gasteiger charge is -2.24. The zero-order valence-electron chi connectivity index (χ0n) is 18.9. The number of carbonyl (C=O) groups is 2. The maximum Gasteiger partial charge on any atom is 0.260 e. The van der Waals surface area contributed by atoms with Crippen LogP contribution < -0.4 is 5.32 Å². The second-order valence-corrected chi connectivity index (χ2v) is 8.78. The van der Waals surface area contributed by atoms with Crippen molar-refractivity contribution in [3.05, 3.63) is 76.6 Å². The lowest BCUT2D eigenvalue weighted by Crippen LogP contribution is -2.35. The first-order valence-electron chi connectivity index (χ1n) is 10.6. The van der Waals surface area contributed by atoms with Gasteiger partial charge in [-0.15, -0.1) is 0 Å². The second-order valence-electron chi connectivity index (χ2n) is 8.78. The summed E-state index contributed by atoms with van der Waals surface area (Å²) in [6.45, 7) is 3.18. The van der Waals surface area contributed by atoms with E-state index in [0.717, 1.165) is 23.3 Å². The standard InChI is InChI=1S/C25H24F2N2O5/c1-25(2)17(13-4-6-14(7-5-13)24(33)29(3)11-15(31)12-30)9-21(34-25)22-16-8-18(26)19(27)10-20(16)28-23(22)32/h4-10,15,30-31H,11-12H2,1-3H3,(H,28,32). The van der Waals surface area contributed by atoms with E-state index >= 15 is 0 Å². The Kier molecular flexibility index (Phi) is 6.01. The molecule has 2 heterocycles. The van der Waals surface area contributed by atoms with Gasteiger partial charge in [0.1, 0.15) is 11.4 Å². The van der Waals surface area contributed by atoms with E-state index < -0.39 is 35.9 Å². The number of fused-ring (bicyclic) bond motifs is 1. The van der Waals surface area contributed by atoms with Crippen molar-refractivity contribution in [3.8, 4) is 0 Å². The largest absolute Gasteiger partial charge is 0.482 e. The third kappa shape index (κ3) is 4.20. The number of halogens is 2. The Morgan fingerprint density at radius 3 is 2.47 bits per heavy atom. The van der Waals surface area contributed by atoms with Gasteiger partial charge in [-0.2, -0.15) is 0 Å². The molecule has 1 unspecified atom stereocenters. The summed E-state index contributed by atoms with van der Waals surface area (Å²) >= 11 is 0. The Labute approximate surface area is 195 Å². The Morgan fingerprint density at radius 2 is 1.82 bits per heavy atom. The molecule has 0 saturated heterocycles. The molecule has 4 rings (SSSR count). The smallest absolute Gasteiger partial charge is 0.260 e. The van der Waals surface area contributed by atoms with Gasteiger partial charge in [-0.25, -0.2) is 8.78 Å². The minimum absolute atomic E-state index is 0.00588. The summed E-state index contributed by atoms with van der Waals surface area (Å²) in [7, 11) is 1.53. The third-order valence-corrected chi connectivity index (χ3v) is 5.83. The molecular weight excluding hydrogens is 446 g/mol. The fourth-order valence-electron chi connectivity index (χ4n) is 4.10. The molecule has 0 saturated carbocycles. The lowest BCUT2D eigenvalue weighted by atomic mass is 9.91. The molecule has 0 spiro atoms. The second kappa shape index (κ2) is 8.66. The average molecular weight is 470 g/mol. The van der Waals surface area contributed by atoms with Crippen molar-refractivity contribution in [1.29, 1.82) is 0 Å². The number of benzene rings is 2. The maximum atomic E-state index is 13.9. The summed E-state index contributed by atoms with van der Waals surface area (Å²) in [5.41, 5.74) is 1.56. The number of hydrogen-bond donors (Lipinski definition) is 3. The molecule has 0 radical (unpaired) electrons. The predicted molar refractivity (Wildman–Crippen MR) is 122 cm³/mol. The molecule has 2 aliphatic heterocycles. The van der Waals surface area contributed by atoms with Crippen LogP contribution in [-0.4, -0.2) is 58.8 Å². The first kappa shape index (κ1) is 23.6. The highest BCUT2D eigenvalue weighted by atomic mass is 19.2. The molecule has 2 aliphatic rings. The highest BCUT2D eigenvalue weighted by molar-refractivity contribution is 6.32. The molecule has 0 bridgehead atoms. The normalized spacial score (nSPS) is 19.3. The average Bonchev–Trinajstić information content (AvgIpc) is 3.27. The van der Waals surface area contributed by atoms with Gasteiger partial charge < -0.3 is 25.2 Å². The number of nitrogens with zero attached hydrogens (tertiary/aromatic N) is 1. The Balaban J connectivity index is 1.66. The maximum absolute atomic E-state index is 13.9. The zero-order valence-corrected chi connectivity index (χ0v) is 18.9. The first-order chi connectivity index (χ1) is 16.0. The van der Waals surface area contributed by atoms with Crippen LogP contribution >= 0.6 is 0 Å². The van der Waals surface area contributed by atoms with Crippen LogP contribution in [0.1, 0.15) is 35.3 Å². The van der Waals surface area contributed by atoms with Crippen LogP contribution in [0.3, 0.4) is 0 Å². The monoisotopic (exact) mass is 470 g/mol. The Hall–Kier alpha value is -3.56. The number of hydrogen-bond acceptors (Lipinski definition) is 5. The molecule has 2 amide bonds. The number of ether oxygens (including phenoxy) is 1. The molecule has 7 nitrogen and oxygen atoms in total. The van der Waals surface area contributed by atoms with Crippen LogP contribution in [0.4, 0.5) is 14.5 Å². The minimum Gasteiger partial charge on any atom is -0.482 e. The summed E-state index contributed by atoms with van der Waals surface area (Å²) in [4.78, 5) is 26.5. The van der Waals surface area contributed by atoms with Crippen LogP contribution in [0.5, 0.6) is 0 Å². The molecular formula is C25H24F2N2O5. The predicted octanol–water partition coefficient (Wildman–Crippen LogP) is 2.95.